The first-order valence-corrected chi connectivity index (χ1v) is 8.13. The van der Waals surface area contributed by atoms with Crippen molar-refractivity contribution in [2.45, 2.75) is 0 Å². The average Bonchev–Trinajstić information content (AvgIpc) is 3.04. The van der Waals surface area contributed by atoms with Gasteiger partial charge in [-0.25, -0.2) is 4.39 Å². The van der Waals surface area contributed by atoms with Gasteiger partial charge in [0.25, 0.3) is 0 Å². The monoisotopic (exact) mass is 342 g/mol. The van der Waals surface area contributed by atoms with E-state index in [2.05, 4.69) is 15.2 Å². The number of oxazole rings is 1. The van der Waals surface area contributed by atoms with Crippen LogP contribution in [-0.4, -0.2) is 49.3 Å². The van der Waals surface area contributed by atoms with E-state index >= 15 is 0 Å². The fraction of sp³-hybridized carbons (Fsp3) is 0.333. The zero-order valence-electron chi connectivity index (χ0n) is 13.7. The van der Waals surface area contributed by atoms with Gasteiger partial charge in [-0.1, -0.05) is 12.1 Å². The number of anilines is 1. The van der Waals surface area contributed by atoms with Gasteiger partial charge in [-0.15, -0.1) is 0 Å². The predicted molar refractivity (Wildman–Crippen MR) is 92.3 cm³/mol. The van der Waals surface area contributed by atoms with E-state index in [0.29, 0.717) is 18.3 Å². The third-order valence-corrected chi connectivity index (χ3v) is 3.86. The third kappa shape index (κ3) is 4.89. The number of rotatable bonds is 6. The fourth-order valence-corrected chi connectivity index (χ4v) is 2.50. The van der Waals surface area contributed by atoms with Gasteiger partial charge in [0.05, 0.1) is 13.2 Å². The molecule has 1 aliphatic rings. The van der Waals surface area contributed by atoms with Gasteiger partial charge in [-0.2, -0.15) is 10.2 Å². The minimum atomic E-state index is -0.285. The molecule has 0 saturated carbocycles. The van der Waals surface area contributed by atoms with E-state index in [4.69, 9.17) is 9.15 Å². The number of ether oxygens (including phenoxy) is 1. The molecule has 2 aromatic rings. The van der Waals surface area contributed by atoms with Crippen LogP contribution >= 0.6 is 0 Å². The van der Waals surface area contributed by atoms with Crippen LogP contribution in [0.25, 0.3) is 12.2 Å². The Hall–Kier alpha value is -2.69. The first-order valence-electron chi connectivity index (χ1n) is 8.13. The molecule has 0 radical (unpaired) electrons. The summed E-state index contributed by atoms with van der Waals surface area (Å²) >= 11 is 0. The van der Waals surface area contributed by atoms with Gasteiger partial charge in [-0.05, 0) is 23.8 Å². The summed E-state index contributed by atoms with van der Waals surface area (Å²) in [5.41, 5.74) is 1.04. The van der Waals surface area contributed by atoms with Crippen molar-refractivity contribution in [1.82, 2.24) is 9.88 Å². The standard InChI is InChI=1S/C18H19FN4O2/c19-15-4-1-14(2-5-15)3-6-17-22-16(13-20)18(25-17)21-7-8-23-9-11-24-12-10-23/h1-6,21H,7-12H2. The van der Waals surface area contributed by atoms with Gasteiger partial charge < -0.3 is 14.5 Å². The van der Waals surface area contributed by atoms with Gasteiger partial charge in [0.1, 0.15) is 11.9 Å². The van der Waals surface area contributed by atoms with E-state index in [1.165, 1.54) is 12.1 Å². The minimum absolute atomic E-state index is 0.223. The maximum atomic E-state index is 12.9. The molecule has 1 aromatic carbocycles. The Kier molecular flexibility index (Phi) is 5.77. The normalized spacial score (nSPS) is 15.4. The van der Waals surface area contributed by atoms with Gasteiger partial charge in [0.15, 0.2) is 0 Å². The van der Waals surface area contributed by atoms with E-state index < -0.39 is 0 Å². The maximum Gasteiger partial charge on any atom is 0.232 e. The summed E-state index contributed by atoms with van der Waals surface area (Å²) < 4.78 is 23.8. The number of hydrogen-bond acceptors (Lipinski definition) is 6. The van der Waals surface area contributed by atoms with Crippen molar-refractivity contribution in [3.8, 4) is 6.07 Å². The van der Waals surface area contributed by atoms with Crippen molar-refractivity contribution >= 4 is 18.0 Å². The molecule has 2 heterocycles. The summed E-state index contributed by atoms with van der Waals surface area (Å²) in [5, 5.41) is 12.3. The molecule has 7 heteroatoms. The van der Waals surface area contributed by atoms with Crippen LogP contribution in [-0.2, 0) is 4.74 Å². The molecule has 1 fully saturated rings. The van der Waals surface area contributed by atoms with Gasteiger partial charge in [-0.3, -0.25) is 4.90 Å². The Bertz CT molecular complexity index is 758. The van der Waals surface area contributed by atoms with Crippen LogP contribution in [0.3, 0.4) is 0 Å². The zero-order chi connectivity index (χ0) is 17.5. The molecule has 0 amide bonds. The lowest BCUT2D eigenvalue weighted by Crippen LogP contribution is -2.39. The Morgan fingerprint density at radius 2 is 2.00 bits per heavy atom. The number of benzene rings is 1. The number of aromatic nitrogens is 1. The van der Waals surface area contributed by atoms with Gasteiger partial charge in [0.2, 0.25) is 17.5 Å². The molecule has 0 aliphatic carbocycles. The molecule has 0 spiro atoms. The summed E-state index contributed by atoms with van der Waals surface area (Å²) in [5.74, 6) is 0.413. The summed E-state index contributed by atoms with van der Waals surface area (Å²) in [6, 6.07) is 8.10. The molecule has 1 N–H and O–H groups in total. The van der Waals surface area contributed by atoms with Crippen molar-refractivity contribution in [2.75, 3.05) is 44.7 Å². The fourth-order valence-electron chi connectivity index (χ4n) is 2.50. The van der Waals surface area contributed by atoms with Crippen LogP contribution < -0.4 is 5.32 Å². The first kappa shape index (κ1) is 17.1. The second kappa shape index (κ2) is 8.42. The lowest BCUT2D eigenvalue weighted by Gasteiger charge is -2.26. The molecule has 1 aromatic heterocycles. The average molecular weight is 342 g/mol. The molecule has 0 unspecified atom stereocenters. The lowest BCUT2D eigenvalue weighted by atomic mass is 10.2. The van der Waals surface area contributed by atoms with E-state index in [1.807, 2.05) is 6.07 Å². The van der Waals surface area contributed by atoms with Crippen LogP contribution in [0.2, 0.25) is 0 Å². The molecular formula is C18H19FN4O2. The van der Waals surface area contributed by atoms with Crippen LogP contribution in [0.4, 0.5) is 10.3 Å². The van der Waals surface area contributed by atoms with Crippen molar-refractivity contribution in [3.63, 3.8) is 0 Å². The molecule has 1 saturated heterocycles. The quantitative estimate of drug-likeness (QED) is 0.870. The Morgan fingerprint density at radius 3 is 2.72 bits per heavy atom. The van der Waals surface area contributed by atoms with Crippen LogP contribution in [0.1, 0.15) is 17.1 Å². The first-order chi connectivity index (χ1) is 12.2. The summed E-state index contributed by atoms with van der Waals surface area (Å²) in [6.07, 6.45) is 3.41. The highest BCUT2D eigenvalue weighted by Crippen LogP contribution is 2.18. The summed E-state index contributed by atoms with van der Waals surface area (Å²) in [4.78, 5) is 6.43. The molecule has 0 bridgehead atoms. The lowest BCUT2D eigenvalue weighted by molar-refractivity contribution is 0.0398. The van der Waals surface area contributed by atoms with Crippen molar-refractivity contribution in [3.05, 3.63) is 47.2 Å². The van der Waals surface area contributed by atoms with E-state index in [-0.39, 0.29) is 11.5 Å². The van der Waals surface area contributed by atoms with Crippen molar-refractivity contribution in [2.24, 2.45) is 0 Å². The van der Waals surface area contributed by atoms with E-state index in [9.17, 15) is 9.65 Å². The number of morpholine rings is 1. The van der Waals surface area contributed by atoms with Crippen LogP contribution in [0, 0.1) is 17.1 Å². The van der Waals surface area contributed by atoms with Crippen molar-refractivity contribution < 1.29 is 13.5 Å². The van der Waals surface area contributed by atoms with Crippen LogP contribution in [0.5, 0.6) is 0 Å². The van der Waals surface area contributed by atoms with Gasteiger partial charge in [0, 0.05) is 32.3 Å². The molecule has 130 valence electrons. The highest BCUT2D eigenvalue weighted by molar-refractivity contribution is 5.67. The number of nitrogens with zero attached hydrogens (tertiary/aromatic N) is 3. The largest absolute Gasteiger partial charge is 0.420 e. The predicted octanol–water partition coefficient (Wildman–Crippen LogP) is 2.60. The molecule has 0 atom stereocenters. The molecule has 3 rings (SSSR count). The number of nitriles is 1. The molecular weight excluding hydrogens is 323 g/mol. The van der Waals surface area contributed by atoms with Crippen LogP contribution in [0.15, 0.2) is 28.7 Å². The minimum Gasteiger partial charge on any atom is -0.420 e. The van der Waals surface area contributed by atoms with E-state index in [1.54, 1.807) is 24.3 Å². The summed E-state index contributed by atoms with van der Waals surface area (Å²) in [6.45, 7) is 4.83. The van der Waals surface area contributed by atoms with Gasteiger partial charge >= 0.3 is 0 Å². The highest BCUT2D eigenvalue weighted by Gasteiger charge is 2.13. The number of hydrogen-bond donors (Lipinski definition) is 1. The third-order valence-electron chi connectivity index (χ3n) is 3.86. The van der Waals surface area contributed by atoms with E-state index in [0.717, 1.165) is 38.4 Å². The second-order valence-corrected chi connectivity index (χ2v) is 5.61. The Morgan fingerprint density at radius 1 is 1.24 bits per heavy atom. The SMILES string of the molecule is N#Cc1nc(C=Cc2ccc(F)cc2)oc1NCCN1CCOCC1. The highest BCUT2D eigenvalue weighted by atomic mass is 19.1. The summed E-state index contributed by atoms with van der Waals surface area (Å²) in [7, 11) is 0. The zero-order valence-corrected chi connectivity index (χ0v) is 13.7. The number of nitrogens with one attached hydrogen (secondary N) is 1. The Balaban J connectivity index is 1.59. The Labute approximate surface area is 145 Å². The molecule has 25 heavy (non-hydrogen) atoms. The molecule has 6 nitrogen and oxygen atoms in total. The smallest absolute Gasteiger partial charge is 0.232 e. The molecule has 1 aliphatic heterocycles. The second-order valence-electron chi connectivity index (χ2n) is 5.61. The number of halogens is 1. The topological polar surface area (TPSA) is 74.3 Å². The van der Waals surface area contributed by atoms with Crippen molar-refractivity contribution in [1.29, 1.82) is 5.26 Å². The maximum absolute atomic E-state index is 12.9.